The number of nitro benzene ring substituents is 1. The molecule has 0 unspecified atom stereocenters. The van der Waals surface area contributed by atoms with Gasteiger partial charge in [-0.05, 0) is 17.7 Å². The van der Waals surface area contributed by atoms with Crippen molar-refractivity contribution in [2.24, 2.45) is 0 Å². The van der Waals surface area contributed by atoms with E-state index < -0.39 is 10.7 Å². The Morgan fingerprint density at radius 3 is 2.38 bits per heavy atom. The first kappa shape index (κ1) is 10.3. The third-order valence-electron chi connectivity index (χ3n) is 2.24. The summed E-state index contributed by atoms with van der Waals surface area (Å²) in [7, 11) is 0. The van der Waals surface area contributed by atoms with Crippen molar-refractivity contribution >= 4 is 5.69 Å². The summed E-state index contributed by atoms with van der Waals surface area (Å²) in [5.74, 6) is -0.605. The largest absolute Gasteiger partial charge is 0.280 e. The predicted octanol–water partition coefficient (Wildman–Crippen LogP) is 3.40. The molecular weight excluding hydrogens is 209 g/mol. The third kappa shape index (κ3) is 1.91. The Hall–Kier alpha value is -2.23. The maximum absolute atomic E-state index is 12.9. The van der Waals surface area contributed by atoms with Crippen LogP contribution in [0.5, 0.6) is 0 Å². The molecule has 0 radical (unpaired) electrons. The lowest BCUT2D eigenvalue weighted by molar-refractivity contribution is -0.384. The summed E-state index contributed by atoms with van der Waals surface area (Å²) in [5.41, 5.74) is 0.910. The van der Waals surface area contributed by atoms with Crippen LogP contribution in [0.3, 0.4) is 0 Å². The van der Waals surface area contributed by atoms with Gasteiger partial charge in [-0.15, -0.1) is 0 Å². The average Bonchev–Trinajstić information content (AvgIpc) is 2.30. The van der Waals surface area contributed by atoms with Crippen LogP contribution in [0.15, 0.2) is 48.5 Å². The quantitative estimate of drug-likeness (QED) is 0.571. The highest BCUT2D eigenvalue weighted by molar-refractivity contribution is 5.73. The van der Waals surface area contributed by atoms with Crippen LogP contribution in [-0.4, -0.2) is 4.92 Å². The Balaban J connectivity index is 2.61. The minimum absolute atomic E-state index is 0.216. The summed E-state index contributed by atoms with van der Waals surface area (Å²) in [6.07, 6.45) is 0. The lowest BCUT2D eigenvalue weighted by Crippen LogP contribution is -1.92. The molecule has 0 aliphatic rings. The zero-order chi connectivity index (χ0) is 11.5. The van der Waals surface area contributed by atoms with Gasteiger partial charge in [-0.1, -0.05) is 30.3 Å². The van der Waals surface area contributed by atoms with Crippen molar-refractivity contribution in [3.8, 4) is 11.1 Å². The second-order valence-electron chi connectivity index (χ2n) is 3.28. The molecule has 80 valence electrons. The molecule has 0 bridgehead atoms. The highest BCUT2D eigenvalue weighted by Crippen LogP contribution is 2.29. The molecule has 0 atom stereocenters. The van der Waals surface area contributed by atoms with Gasteiger partial charge < -0.3 is 0 Å². The smallest absolute Gasteiger partial charge is 0.258 e. The van der Waals surface area contributed by atoms with Gasteiger partial charge in [-0.25, -0.2) is 4.39 Å². The van der Waals surface area contributed by atoms with Gasteiger partial charge in [0.05, 0.1) is 16.6 Å². The first-order valence-corrected chi connectivity index (χ1v) is 4.68. The molecule has 2 aromatic rings. The van der Waals surface area contributed by atoms with Gasteiger partial charge in [-0.3, -0.25) is 10.1 Å². The molecule has 2 aromatic carbocycles. The van der Waals surface area contributed by atoms with Crippen molar-refractivity contribution in [3.63, 3.8) is 0 Å². The Kier molecular flexibility index (Phi) is 2.64. The molecule has 0 saturated heterocycles. The molecule has 0 N–H and O–H groups in total. The van der Waals surface area contributed by atoms with E-state index in [0.717, 1.165) is 6.07 Å². The SMILES string of the molecule is O=[N+]([O-])c1cc(F)ccc1-c1ccccc1. The lowest BCUT2D eigenvalue weighted by atomic mass is 10.0. The van der Waals surface area contributed by atoms with Gasteiger partial charge in [0.2, 0.25) is 0 Å². The topological polar surface area (TPSA) is 43.1 Å². The summed E-state index contributed by atoms with van der Waals surface area (Å²) in [5, 5.41) is 10.8. The molecule has 0 spiro atoms. The summed E-state index contributed by atoms with van der Waals surface area (Å²) < 4.78 is 12.9. The van der Waals surface area contributed by atoms with Gasteiger partial charge in [0.1, 0.15) is 5.82 Å². The van der Waals surface area contributed by atoms with E-state index in [1.54, 1.807) is 24.3 Å². The molecule has 2 rings (SSSR count). The van der Waals surface area contributed by atoms with Crippen LogP contribution in [-0.2, 0) is 0 Å². The highest BCUT2D eigenvalue weighted by Gasteiger charge is 2.15. The second-order valence-corrected chi connectivity index (χ2v) is 3.28. The maximum atomic E-state index is 12.9. The molecule has 3 nitrogen and oxygen atoms in total. The Morgan fingerprint density at radius 2 is 1.75 bits per heavy atom. The molecule has 0 aromatic heterocycles. The number of nitrogens with zero attached hydrogens (tertiary/aromatic N) is 1. The standard InChI is InChI=1S/C12H8FNO2/c13-10-6-7-11(12(8-10)14(15)16)9-4-2-1-3-5-9/h1-8H. The monoisotopic (exact) mass is 217 g/mol. The van der Waals surface area contributed by atoms with E-state index in [9.17, 15) is 14.5 Å². The minimum atomic E-state index is -0.605. The van der Waals surface area contributed by atoms with Gasteiger partial charge in [0.15, 0.2) is 0 Å². The van der Waals surface area contributed by atoms with E-state index in [1.165, 1.54) is 12.1 Å². The van der Waals surface area contributed by atoms with E-state index in [1.807, 2.05) is 6.07 Å². The van der Waals surface area contributed by atoms with Crippen LogP contribution < -0.4 is 0 Å². The number of nitro groups is 1. The molecule has 0 fully saturated rings. The van der Waals surface area contributed by atoms with Gasteiger partial charge in [-0.2, -0.15) is 0 Å². The second kappa shape index (κ2) is 4.10. The van der Waals surface area contributed by atoms with Crippen LogP contribution in [0.2, 0.25) is 0 Å². The fourth-order valence-electron chi connectivity index (χ4n) is 1.52. The molecule has 0 aliphatic heterocycles. The van der Waals surface area contributed by atoms with E-state index in [-0.39, 0.29) is 5.69 Å². The van der Waals surface area contributed by atoms with Crippen molar-refractivity contribution in [2.75, 3.05) is 0 Å². The summed E-state index contributed by atoms with van der Waals surface area (Å²) in [6.45, 7) is 0. The summed E-state index contributed by atoms with van der Waals surface area (Å²) in [6, 6.07) is 12.4. The zero-order valence-electron chi connectivity index (χ0n) is 8.26. The fraction of sp³-hybridized carbons (Fsp3) is 0. The Morgan fingerprint density at radius 1 is 1.06 bits per heavy atom. The van der Waals surface area contributed by atoms with Crippen molar-refractivity contribution < 1.29 is 9.31 Å². The van der Waals surface area contributed by atoms with E-state index in [0.29, 0.717) is 11.1 Å². The molecule has 0 heterocycles. The molecule has 0 saturated carbocycles. The van der Waals surface area contributed by atoms with E-state index in [4.69, 9.17) is 0 Å². The van der Waals surface area contributed by atoms with Crippen molar-refractivity contribution in [2.45, 2.75) is 0 Å². The Bertz CT molecular complexity index is 526. The lowest BCUT2D eigenvalue weighted by Gasteiger charge is -2.02. The number of rotatable bonds is 2. The van der Waals surface area contributed by atoms with Crippen LogP contribution in [0.1, 0.15) is 0 Å². The Labute approximate surface area is 91.3 Å². The first-order valence-electron chi connectivity index (χ1n) is 4.68. The van der Waals surface area contributed by atoms with Crippen molar-refractivity contribution in [1.82, 2.24) is 0 Å². The van der Waals surface area contributed by atoms with E-state index in [2.05, 4.69) is 0 Å². The highest BCUT2D eigenvalue weighted by atomic mass is 19.1. The number of hydrogen-bond acceptors (Lipinski definition) is 2. The van der Waals surface area contributed by atoms with Crippen LogP contribution in [0.4, 0.5) is 10.1 Å². The van der Waals surface area contributed by atoms with Gasteiger partial charge in [0.25, 0.3) is 5.69 Å². The van der Waals surface area contributed by atoms with Crippen LogP contribution in [0.25, 0.3) is 11.1 Å². The number of halogens is 1. The molecule has 0 aliphatic carbocycles. The van der Waals surface area contributed by atoms with E-state index >= 15 is 0 Å². The molecule has 0 amide bonds. The normalized spacial score (nSPS) is 10.1. The summed E-state index contributed by atoms with van der Waals surface area (Å²) >= 11 is 0. The van der Waals surface area contributed by atoms with Crippen molar-refractivity contribution in [1.29, 1.82) is 0 Å². The molecule has 16 heavy (non-hydrogen) atoms. The predicted molar refractivity (Wildman–Crippen MR) is 58.5 cm³/mol. The van der Waals surface area contributed by atoms with Gasteiger partial charge in [0, 0.05) is 0 Å². The first-order chi connectivity index (χ1) is 7.68. The molecular formula is C12H8FNO2. The van der Waals surface area contributed by atoms with Crippen LogP contribution >= 0.6 is 0 Å². The minimum Gasteiger partial charge on any atom is -0.258 e. The van der Waals surface area contributed by atoms with Crippen molar-refractivity contribution in [3.05, 3.63) is 64.5 Å². The summed E-state index contributed by atoms with van der Waals surface area (Å²) in [4.78, 5) is 10.2. The van der Waals surface area contributed by atoms with Crippen LogP contribution in [0, 0.1) is 15.9 Å². The molecule has 4 heteroatoms. The zero-order valence-corrected chi connectivity index (χ0v) is 8.26. The average molecular weight is 217 g/mol. The maximum Gasteiger partial charge on any atom is 0.280 e. The van der Waals surface area contributed by atoms with Gasteiger partial charge >= 0.3 is 0 Å². The fourth-order valence-corrected chi connectivity index (χ4v) is 1.52. The number of hydrogen-bond donors (Lipinski definition) is 0. The third-order valence-corrected chi connectivity index (χ3v) is 2.24. The number of benzene rings is 2.